The van der Waals surface area contributed by atoms with Crippen molar-refractivity contribution >= 4 is 6.09 Å². The molecule has 0 saturated carbocycles. The molecule has 1 fully saturated rings. The molecule has 5 heteroatoms. The fourth-order valence-electron chi connectivity index (χ4n) is 2.83. The first-order valence-corrected chi connectivity index (χ1v) is 7.46. The predicted molar refractivity (Wildman–Crippen MR) is 83.8 cm³/mol. The predicted octanol–water partition coefficient (Wildman–Crippen LogP) is 3.74. The molecular weight excluding hydrogens is 282 g/mol. The smallest absolute Gasteiger partial charge is 0.413 e. The molecule has 0 aliphatic carbocycles. The molecule has 0 spiro atoms. The number of carbonyl (C=O) groups excluding carboxylic acids is 1. The van der Waals surface area contributed by atoms with Gasteiger partial charge in [-0.05, 0) is 52.3 Å². The lowest BCUT2D eigenvalue weighted by Gasteiger charge is -2.37. The third-order valence-corrected chi connectivity index (χ3v) is 3.97. The maximum Gasteiger partial charge on any atom is 0.413 e. The number of hydrogen-bond donors (Lipinski definition) is 0. The van der Waals surface area contributed by atoms with Crippen LogP contribution in [0.4, 0.5) is 4.79 Å². The summed E-state index contributed by atoms with van der Waals surface area (Å²) in [6, 6.07) is 7.50. The maximum absolute atomic E-state index is 12.6. The van der Waals surface area contributed by atoms with Crippen LogP contribution in [0, 0.1) is 0 Å². The Kier molecular flexibility index (Phi) is 4.38. The van der Waals surface area contributed by atoms with Crippen molar-refractivity contribution in [3.05, 3.63) is 29.8 Å². The van der Waals surface area contributed by atoms with E-state index in [0.29, 0.717) is 6.61 Å². The Hall–Kier alpha value is -1.75. The highest BCUT2D eigenvalue weighted by Gasteiger charge is 2.49. The van der Waals surface area contributed by atoms with Gasteiger partial charge in [0.1, 0.15) is 17.6 Å². The zero-order chi connectivity index (χ0) is 16.5. The second-order valence-electron chi connectivity index (χ2n) is 6.68. The van der Waals surface area contributed by atoms with E-state index in [1.807, 2.05) is 58.9 Å². The molecule has 1 aliphatic heterocycles. The van der Waals surface area contributed by atoms with Gasteiger partial charge in [0.2, 0.25) is 0 Å². The van der Waals surface area contributed by atoms with Gasteiger partial charge in [0, 0.05) is 0 Å². The van der Waals surface area contributed by atoms with E-state index in [2.05, 4.69) is 0 Å². The number of nitrogens with zero attached hydrogens (tertiary/aromatic N) is 1. The van der Waals surface area contributed by atoms with E-state index in [0.717, 1.165) is 11.3 Å². The van der Waals surface area contributed by atoms with Crippen LogP contribution in [-0.2, 0) is 9.47 Å². The van der Waals surface area contributed by atoms with Gasteiger partial charge in [-0.25, -0.2) is 4.79 Å². The van der Waals surface area contributed by atoms with Crippen molar-refractivity contribution in [2.24, 2.45) is 0 Å². The van der Waals surface area contributed by atoms with E-state index >= 15 is 0 Å². The lowest BCUT2D eigenvalue weighted by molar-refractivity contribution is -0.0574. The summed E-state index contributed by atoms with van der Waals surface area (Å²) in [5.41, 5.74) is -0.134. The number of rotatable bonds is 3. The maximum atomic E-state index is 12.6. The molecule has 0 N–H and O–H groups in total. The standard InChI is InChI=1S/C17H25NO4/c1-12(13-7-9-14(20-6)10-8-13)22-15(19)18-16(2,3)11-21-17(18,4)5/h7-10,12H,11H2,1-6H3/t12-/m1/s1. The lowest BCUT2D eigenvalue weighted by atomic mass is 10.0. The van der Waals surface area contributed by atoms with Crippen molar-refractivity contribution in [1.82, 2.24) is 4.90 Å². The van der Waals surface area contributed by atoms with Crippen LogP contribution in [0.5, 0.6) is 5.75 Å². The summed E-state index contributed by atoms with van der Waals surface area (Å²) in [4.78, 5) is 14.2. The first kappa shape index (κ1) is 16.6. The van der Waals surface area contributed by atoms with Gasteiger partial charge in [-0.3, -0.25) is 4.90 Å². The molecule has 0 aromatic heterocycles. The summed E-state index contributed by atoms with van der Waals surface area (Å²) in [5.74, 6) is 0.775. The van der Waals surface area contributed by atoms with E-state index in [9.17, 15) is 4.79 Å². The van der Waals surface area contributed by atoms with Crippen LogP contribution in [0.25, 0.3) is 0 Å². The Morgan fingerprint density at radius 3 is 2.27 bits per heavy atom. The van der Waals surface area contributed by atoms with Crippen LogP contribution in [0.3, 0.4) is 0 Å². The molecule has 5 nitrogen and oxygen atoms in total. The van der Waals surface area contributed by atoms with Gasteiger partial charge in [0.05, 0.1) is 19.3 Å². The van der Waals surface area contributed by atoms with E-state index < -0.39 is 5.72 Å². The van der Waals surface area contributed by atoms with Gasteiger partial charge >= 0.3 is 6.09 Å². The molecule has 0 bridgehead atoms. The summed E-state index contributed by atoms with van der Waals surface area (Å²) in [5, 5.41) is 0. The van der Waals surface area contributed by atoms with Gasteiger partial charge in [-0.15, -0.1) is 0 Å². The lowest BCUT2D eigenvalue weighted by Crippen LogP contribution is -2.53. The van der Waals surface area contributed by atoms with Crippen molar-refractivity contribution in [2.75, 3.05) is 13.7 Å². The molecule has 1 saturated heterocycles. The molecule has 1 aromatic carbocycles. The van der Waals surface area contributed by atoms with E-state index in [4.69, 9.17) is 14.2 Å². The summed E-state index contributed by atoms with van der Waals surface area (Å²) in [6.45, 7) is 10.0. The highest BCUT2D eigenvalue weighted by Crippen LogP contribution is 2.36. The highest BCUT2D eigenvalue weighted by molar-refractivity contribution is 5.70. The largest absolute Gasteiger partial charge is 0.497 e. The average molecular weight is 307 g/mol. The molecule has 122 valence electrons. The van der Waals surface area contributed by atoms with Crippen molar-refractivity contribution in [3.8, 4) is 5.75 Å². The first-order valence-electron chi connectivity index (χ1n) is 7.46. The number of benzene rings is 1. The number of carbonyl (C=O) groups is 1. The van der Waals surface area contributed by atoms with E-state index in [1.165, 1.54) is 0 Å². The quantitative estimate of drug-likeness (QED) is 0.853. The minimum Gasteiger partial charge on any atom is -0.497 e. The minimum absolute atomic E-state index is 0.342. The van der Waals surface area contributed by atoms with Gasteiger partial charge < -0.3 is 14.2 Å². The first-order chi connectivity index (χ1) is 10.2. The molecule has 1 amide bonds. The average Bonchev–Trinajstić information content (AvgIpc) is 2.67. The molecule has 1 aliphatic rings. The van der Waals surface area contributed by atoms with Crippen LogP contribution in [0.2, 0.25) is 0 Å². The van der Waals surface area contributed by atoms with Crippen LogP contribution in [-0.4, -0.2) is 36.0 Å². The Balaban J connectivity index is 2.10. The number of methoxy groups -OCH3 is 1. The normalized spacial score (nSPS) is 20.5. The molecule has 0 unspecified atom stereocenters. The molecule has 1 heterocycles. The Morgan fingerprint density at radius 2 is 1.82 bits per heavy atom. The molecule has 2 rings (SSSR count). The number of hydrogen-bond acceptors (Lipinski definition) is 4. The van der Waals surface area contributed by atoms with Crippen LogP contribution >= 0.6 is 0 Å². The monoisotopic (exact) mass is 307 g/mol. The Bertz CT molecular complexity index is 520. The van der Waals surface area contributed by atoms with Crippen molar-refractivity contribution in [2.45, 2.75) is 52.0 Å². The van der Waals surface area contributed by atoms with Gasteiger partial charge in [0.15, 0.2) is 0 Å². The van der Waals surface area contributed by atoms with Crippen LogP contribution in [0.15, 0.2) is 24.3 Å². The summed E-state index contributed by atoms with van der Waals surface area (Å²) >= 11 is 0. The summed E-state index contributed by atoms with van der Waals surface area (Å²) < 4.78 is 16.5. The third kappa shape index (κ3) is 3.19. The molecular formula is C17H25NO4. The SMILES string of the molecule is COc1ccc([C@@H](C)OC(=O)N2C(C)(C)COC2(C)C)cc1. The minimum atomic E-state index is -0.666. The number of amides is 1. The third-order valence-electron chi connectivity index (χ3n) is 3.97. The van der Waals surface area contributed by atoms with E-state index in [1.54, 1.807) is 12.0 Å². The molecule has 22 heavy (non-hydrogen) atoms. The highest BCUT2D eigenvalue weighted by atomic mass is 16.6. The zero-order valence-electron chi connectivity index (χ0n) is 14.2. The van der Waals surface area contributed by atoms with E-state index in [-0.39, 0.29) is 17.7 Å². The molecule has 0 radical (unpaired) electrons. The van der Waals surface area contributed by atoms with Gasteiger partial charge in [-0.1, -0.05) is 12.1 Å². The van der Waals surface area contributed by atoms with Crippen molar-refractivity contribution in [1.29, 1.82) is 0 Å². The number of ether oxygens (including phenoxy) is 3. The zero-order valence-corrected chi connectivity index (χ0v) is 14.2. The van der Waals surface area contributed by atoms with Crippen LogP contribution in [0.1, 0.15) is 46.3 Å². The Labute approximate surface area is 132 Å². The second-order valence-corrected chi connectivity index (χ2v) is 6.68. The second kappa shape index (κ2) is 5.80. The fourth-order valence-corrected chi connectivity index (χ4v) is 2.83. The van der Waals surface area contributed by atoms with Crippen LogP contribution < -0.4 is 4.74 Å². The summed E-state index contributed by atoms with van der Waals surface area (Å²) in [6.07, 6.45) is -0.707. The van der Waals surface area contributed by atoms with Crippen molar-refractivity contribution in [3.63, 3.8) is 0 Å². The van der Waals surface area contributed by atoms with Gasteiger partial charge in [0.25, 0.3) is 0 Å². The molecule has 1 aromatic rings. The molecule has 1 atom stereocenters. The summed E-state index contributed by atoms with van der Waals surface area (Å²) in [7, 11) is 1.62. The topological polar surface area (TPSA) is 48.0 Å². The Morgan fingerprint density at radius 1 is 1.23 bits per heavy atom. The van der Waals surface area contributed by atoms with Gasteiger partial charge in [-0.2, -0.15) is 0 Å². The fraction of sp³-hybridized carbons (Fsp3) is 0.588. The van der Waals surface area contributed by atoms with Crippen molar-refractivity contribution < 1.29 is 19.0 Å².